The van der Waals surface area contributed by atoms with Crippen LogP contribution in [0, 0.1) is 27.7 Å². The van der Waals surface area contributed by atoms with E-state index >= 15 is 0 Å². The molecule has 2 heterocycles. The van der Waals surface area contributed by atoms with Crippen LogP contribution in [0.25, 0.3) is 6.08 Å². The van der Waals surface area contributed by atoms with Crippen molar-refractivity contribution in [2.75, 3.05) is 0 Å². The number of aliphatic imine (C=N–C) groups is 1. The van der Waals surface area contributed by atoms with Gasteiger partial charge >= 0.3 is 0 Å². The van der Waals surface area contributed by atoms with E-state index < -0.39 is 0 Å². The van der Waals surface area contributed by atoms with Gasteiger partial charge in [-0.05, 0) is 93.3 Å². The predicted molar refractivity (Wildman–Crippen MR) is 130 cm³/mol. The minimum Gasteiger partial charge on any atom is -0.346 e. The van der Waals surface area contributed by atoms with Crippen LogP contribution in [0.1, 0.15) is 66.2 Å². The molecule has 0 spiro atoms. The van der Waals surface area contributed by atoms with Gasteiger partial charge in [-0.3, -0.25) is 4.79 Å². The maximum Gasteiger partial charge on any atom is 0.264 e. The Morgan fingerprint density at radius 3 is 2.43 bits per heavy atom. The number of rotatable bonds is 3. The Morgan fingerprint density at radius 1 is 1.10 bits per heavy atom. The molecule has 1 saturated heterocycles. The third kappa shape index (κ3) is 4.30. The normalized spacial score (nSPS) is 20.4. The summed E-state index contributed by atoms with van der Waals surface area (Å²) in [5, 5.41) is 3.55. The fourth-order valence-corrected chi connectivity index (χ4v) is 5.64. The maximum absolute atomic E-state index is 12.6. The van der Waals surface area contributed by atoms with E-state index in [0.717, 1.165) is 26.9 Å². The zero-order valence-electron chi connectivity index (χ0n) is 18.0. The molecule has 1 aromatic heterocycles. The standard InChI is InChI=1S/C24H28BrN3OS/c1-14-10-19(11-15(2)22(14)25)26-24-27-23(29)21(30-24)13-18-12-16(3)28(17(18)4)20-8-6-5-7-9-20/h10-13,20H,5-9H2,1-4H3,(H,26,27,29)/b21-13-. The highest BCUT2D eigenvalue weighted by molar-refractivity contribution is 9.10. The molecule has 2 fully saturated rings. The number of nitrogens with zero attached hydrogens (tertiary/aromatic N) is 2. The summed E-state index contributed by atoms with van der Waals surface area (Å²) >= 11 is 5.00. The van der Waals surface area contributed by atoms with Gasteiger partial charge in [0.05, 0.1) is 10.6 Å². The lowest BCUT2D eigenvalue weighted by Gasteiger charge is -2.26. The molecule has 158 valence electrons. The molecule has 0 atom stereocenters. The van der Waals surface area contributed by atoms with Crippen molar-refractivity contribution in [2.45, 2.75) is 65.8 Å². The molecule has 0 radical (unpaired) electrons. The number of carbonyl (C=O) groups is 1. The number of nitrogens with one attached hydrogen (secondary N) is 1. The summed E-state index contributed by atoms with van der Waals surface area (Å²) in [6.45, 7) is 8.45. The summed E-state index contributed by atoms with van der Waals surface area (Å²) in [4.78, 5) is 17.9. The number of benzene rings is 1. The summed E-state index contributed by atoms with van der Waals surface area (Å²) in [6.07, 6.45) is 8.50. The van der Waals surface area contributed by atoms with Crippen LogP contribution in [0.3, 0.4) is 0 Å². The van der Waals surface area contributed by atoms with Gasteiger partial charge in [-0.15, -0.1) is 0 Å². The molecule has 2 aliphatic rings. The first-order valence-electron chi connectivity index (χ1n) is 10.6. The molecule has 1 aliphatic carbocycles. The number of halogens is 1. The summed E-state index contributed by atoms with van der Waals surface area (Å²) in [7, 11) is 0. The monoisotopic (exact) mass is 485 g/mol. The largest absolute Gasteiger partial charge is 0.346 e. The molecular formula is C24H28BrN3OS. The van der Waals surface area contributed by atoms with E-state index in [1.807, 2.05) is 18.2 Å². The van der Waals surface area contributed by atoms with Crippen molar-refractivity contribution in [1.82, 2.24) is 9.88 Å². The van der Waals surface area contributed by atoms with Gasteiger partial charge in [-0.2, -0.15) is 0 Å². The highest BCUT2D eigenvalue weighted by Crippen LogP contribution is 2.35. The van der Waals surface area contributed by atoms with E-state index in [9.17, 15) is 4.79 Å². The van der Waals surface area contributed by atoms with Crippen LogP contribution in [0.2, 0.25) is 0 Å². The number of aryl methyl sites for hydroxylation is 3. The third-order valence-electron chi connectivity index (χ3n) is 6.05. The second-order valence-electron chi connectivity index (χ2n) is 8.36. The molecule has 30 heavy (non-hydrogen) atoms. The van der Waals surface area contributed by atoms with Crippen LogP contribution >= 0.6 is 27.7 Å². The van der Waals surface area contributed by atoms with Gasteiger partial charge in [-0.1, -0.05) is 35.2 Å². The Hall–Kier alpha value is -1.79. The van der Waals surface area contributed by atoms with Crippen molar-refractivity contribution in [1.29, 1.82) is 0 Å². The molecule has 1 aromatic carbocycles. The fraction of sp³-hybridized carbons (Fsp3) is 0.417. The molecule has 1 N–H and O–H groups in total. The molecule has 0 unspecified atom stereocenters. The van der Waals surface area contributed by atoms with Crippen LogP contribution in [-0.2, 0) is 4.79 Å². The van der Waals surface area contributed by atoms with Crippen LogP contribution in [-0.4, -0.2) is 15.6 Å². The van der Waals surface area contributed by atoms with E-state index in [0.29, 0.717) is 16.1 Å². The molecule has 4 nitrogen and oxygen atoms in total. The van der Waals surface area contributed by atoms with Crippen molar-refractivity contribution < 1.29 is 4.79 Å². The second-order valence-corrected chi connectivity index (χ2v) is 10.2. The lowest BCUT2D eigenvalue weighted by Crippen LogP contribution is -2.19. The lowest BCUT2D eigenvalue weighted by atomic mass is 9.95. The first-order chi connectivity index (χ1) is 14.3. The first kappa shape index (κ1) is 21.4. The van der Waals surface area contributed by atoms with E-state index in [-0.39, 0.29) is 5.91 Å². The van der Waals surface area contributed by atoms with Gasteiger partial charge in [0, 0.05) is 21.9 Å². The van der Waals surface area contributed by atoms with E-state index in [1.54, 1.807) is 0 Å². The summed E-state index contributed by atoms with van der Waals surface area (Å²) in [6, 6.07) is 6.85. The van der Waals surface area contributed by atoms with Gasteiger partial charge < -0.3 is 9.88 Å². The van der Waals surface area contributed by atoms with Gasteiger partial charge in [-0.25, -0.2) is 4.99 Å². The Balaban J connectivity index is 1.59. The minimum atomic E-state index is -0.0771. The molecule has 2 aromatic rings. The van der Waals surface area contributed by atoms with Crippen molar-refractivity contribution in [3.8, 4) is 0 Å². The molecule has 1 saturated carbocycles. The molecule has 4 rings (SSSR count). The van der Waals surface area contributed by atoms with Crippen molar-refractivity contribution in [3.05, 3.63) is 55.7 Å². The van der Waals surface area contributed by atoms with Gasteiger partial charge in [0.2, 0.25) is 0 Å². The number of hydrogen-bond donors (Lipinski definition) is 1. The number of amidine groups is 1. The molecule has 1 aliphatic heterocycles. The highest BCUT2D eigenvalue weighted by Gasteiger charge is 2.25. The van der Waals surface area contributed by atoms with Crippen LogP contribution < -0.4 is 5.32 Å². The quantitative estimate of drug-likeness (QED) is 0.481. The molecule has 1 amide bonds. The number of aromatic nitrogens is 1. The SMILES string of the molecule is Cc1cc(N=C2NC(=O)/C(=C/c3cc(C)n(C4CCCCC4)c3C)S2)cc(C)c1Br. The predicted octanol–water partition coefficient (Wildman–Crippen LogP) is 6.88. The Bertz CT molecular complexity index is 1040. The second kappa shape index (κ2) is 8.75. The van der Waals surface area contributed by atoms with Crippen molar-refractivity contribution in [3.63, 3.8) is 0 Å². The zero-order chi connectivity index (χ0) is 21.4. The Kier molecular flexibility index (Phi) is 6.26. The molecular weight excluding hydrogens is 458 g/mol. The van der Waals surface area contributed by atoms with Crippen LogP contribution in [0.4, 0.5) is 5.69 Å². The highest BCUT2D eigenvalue weighted by atomic mass is 79.9. The van der Waals surface area contributed by atoms with E-state index in [1.165, 1.54) is 55.3 Å². The number of amides is 1. The minimum absolute atomic E-state index is 0.0771. The topological polar surface area (TPSA) is 46.4 Å². The van der Waals surface area contributed by atoms with Crippen molar-refractivity contribution >= 4 is 50.5 Å². The van der Waals surface area contributed by atoms with Gasteiger partial charge in [0.15, 0.2) is 5.17 Å². The van der Waals surface area contributed by atoms with Crippen LogP contribution in [0.15, 0.2) is 32.6 Å². The fourth-order valence-electron chi connectivity index (χ4n) is 4.58. The third-order valence-corrected chi connectivity index (χ3v) is 8.21. The first-order valence-corrected chi connectivity index (χ1v) is 12.2. The average Bonchev–Trinajstić information content (AvgIpc) is 3.19. The summed E-state index contributed by atoms with van der Waals surface area (Å²) in [5.41, 5.74) is 6.79. The van der Waals surface area contributed by atoms with E-state index in [4.69, 9.17) is 0 Å². The summed E-state index contributed by atoms with van der Waals surface area (Å²) in [5.74, 6) is -0.0771. The smallest absolute Gasteiger partial charge is 0.264 e. The van der Waals surface area contributed by atoms with Gasteiger partial charge in [0.1, 0.15) is 0 Å². The van der Waals surface area contributed by atoms with Crippen molar-refractivity contribution in [2.24, 2.45) is 4.99 Å². The molecule has 0 bridgehead atoms. The maximum atomic E-state index is 12.6. The lowest BCUT2D eigenvalue weighted by molar-refractivity contribution is -0.115. The number of carbonyl (C=O) groups excluding carboxylic acids is 1. The average molecular weight is 486 g/mol. The summed E-state index contributed by atoms with van der Waals surface area (Å²) < 4.78 is 3.58. The van der Waals surface area contributed by atoms with Gasteiger partial charge in [0.25, 0.3) is 5.91 Å². The zero-order valence-corrected chi connectivity index (χ0v) is 20.4. The van der Waals surface area contributed by atoms with E-state index in [2.05, 4.69) is 64.6 Å². The number of thioether (sulfide) groups is 1. The molecule has 6 heteroatoms. The Morgan fingerprint density at radius 2 is 1.77 bits per heavy atom. The Labute approximate surface area is 191 Å². The number of hydrogen-bond acceptors (Lipinski definition) is 3. The van der Waals surface area contributed by atoms with Crippen LogP contribution in [0.5, 0.6) is 0 Å².